The predicted octanol–water partition coefficient (Wildman–Crippen LogP) is 4.07. The summed E-state index contributed by atoms with van der Waals surface area (Å²) >= 11 is 0. The molecule has 0 aliphatic rings. The van der Waals surface area contributed by atoms with Gasteiger partial charge in [0, 0.05) is 23.6 Å². The van der Waals surface area contributed by atoms with Gasteiger partial charge in [-0.1, -0.05) is 30.3 Å². The molecule has 0 saturated heterocycles. The number of carbonyl (C=O) groups excluding carboxylic acids is 1. The Morgan fingerprint density at radius 1 is 1.00 bits per heavy atom. The number of nitrogens with one attached hydrogen (secondary N) is 1. The minimum atomic E-state index is -0.0663. The standard InChI is InChI=1S/C20H15N3O2/c24-19(12-14-4-2-1-3-5-14)22-16-6-7-18-17(13-16)23-20(25-18)15-8-10-21-11-9-15/h1-11,13H,12H2,(H,22,24). The lowest BCUT2D eigenvalue weighted by atomic mass is 10.1. The van der Waals surface area contributed by atoms with Crippen LogP contribution in [0.1, 0.15) is 5.56 Å². The third-order valence-corrected chi connectivity index (χ3v) is 3.81. The Morgan fingerprint density at radius 2 is 1.80 bits per heavy atom. The van der Waals surface area contributed by atoms with Crippen LogP contribution in [-0.4, -0.2) is 15.9 Å². The van der Waals surface area contributed by atoms with Gasteiger partial charge in [-0.05, 0) is 35.9 Å². The minimum Gasteiger partial charge on any atom is -0.436 e. The molecule has 1 N–H and O–H groups in total. The van der Waals surface area contributed by atoms with Crippen LogP contribution in [0, 0.1) is 0 Å². The molecule has 0 bridgehead atoms. The van der Waals surface area contributed by atoms with Crippen LogP contribution in [0.15, 0.2) is 77.5 Å². The Kier molecular flexibility index (Phi) is 3.96. The second-order valence-corrected chi connectivity index (χ2v) is 5.65. The van der Waals surface area contributed by atoms with E-state index in [0.29, 0.717) is 29.1 Å². The van der Waals surface area contributed by atoms with Gasteiger partial charge in [0.05, 0.1) is 6.42 Å². The molecule has 0 radical (unpaired) electrons. The predicted molar refractivity (Wildman–Crippen MR) is 96.0 cm³/mol. The number of carbonyl (C=O) groups is 1. The number of nitrogens with zero attached hydrogens (tertiary/aromatic N) is 2. The molecule has 25 heavy (non-hydrogen) atoms. The van der Waals surface area contributed by atoms with Crippen molar-refractivity contribution in [3.05, 3.63) is 78.6 Å². The highest BCUT2D eigenvalue weighted by atomic mass is 16.3. The highest BCUT2D eigenvalue weighted by Gasteiger charge is 2.10. The zero-order chi connectivity index (χ0) is 17.1. The molecule has 5 nitrogen and oxygen atoms in total. The lowest BCUT2D eigenvalue weighted by Crippen LogP contribution is -2.14. The number of amides is 1. The summed E-state index contributed by atoms with van der Waals surface area (Å²) in [5, 5.41) is 2.90. The van der Waals surface area contributed by atoms with Crippen LogP contribution in [-0.2, 0) is 11.2 Å². The van der Waals surface area contributed by atoms with Gasteiger partial charge in [0.1, 0.15) is 5.52 Å². The Bertz CT molecular complexity index is 1010. The normalized spacial score (nSPS) is 10.7. The monoisotopic (exact) mass is 329 g/mol. The van der Waals surface area contributed by atoms with Crippen LogP contribution in [0.4, 0.5) is 5.69 Å². The van der Waals surface area contributed by atoms with Gasteiger partial charge in [-0.3, -0.25) is 9.78 Å². The first-order chi connectivity index (χ1) is 12.3. The summed E-state index contributed by atoms with van der Waals surface area (Å²) < 4.78 is 5.76. The van der Waals surface area contributed by atoms with E-state index in [-0.39, 0.29) is 5.91 Å². The first-order valence-corrected chi connectivity index (χ1v) is 7.93. The molecule has 0 atom stereocenters. The molecule has 122 valence electrons. The van der Waals surface area contributed by atoms with E-state index in [1.165, 1.54) is 0 Å². The van der Waals surface area contributed by atoms with Gasteiger partial charge < -0.3 is 9.73 Å². The van der Waals surface area contributed by atoms with Crippen LogP contribution in [0.2, 0.25) is 0 Å². The highest BCUT2D eigenvalue weighted by Crippen LogP contribution is 2.25. The van der Waals surface area contributed by atoms with E-state index in [2.05, 4.69) is 15.3 Å². The van der Waals surface area contributed by atoms with Crippen molar-refractivity contribution in [1.82, 2.24) is 9.97 Å². The van der Waals surface area contributed by atoms with Crippen molar-refractivity contribution in [1.29, 1.82) is 0 Å². The molecule has 0 aliphatic carbocycles. The van der Waals surface area contributed by atoms with Gasteiger partial charge in [0.25, 0.3) is 0 Å². The largest absolute Gasteiger partial charge is 0.436 e. The fourth-order valence-corrected chi connectivity index (χ4v) is 2.61. The van der Waals surface area contributed by atoms with Crippen molar-refractivity contribution < 1.29 is 9.21 Å². The number of pyridine rings is 1. The highest BCUT2D eigenvalue weighted by molar-refractivity contribution is 5.94. The van der Waals surface area contributed by atoms with E-state index >= 15 is 0 Å². The molecule has 0 aliphatic heterocycles. The summed E-state index contributed by atoms with van der Waals surface area (Å²) in [7, 11) is 0. The summed E-state index contributed by atoms with van der Waals surface area (Å²) in [4.78, 5) is 20.7. The molecule has 0 spiro atoms. The van der Waals surface area contributed by atoms with E-state index in [1.54, 1.807) is 12.4 Å². The second-order valence-electron chi connectivity index (χ2n) is 5.65. The minimum absolute atomic E-state index is 0.0663. The molecule has 0 fully saturated rings. The zero-order valence-electron chi connectivity index (χ0n) is 13.3. The van der Waals surface area contributed by atoms with Gasteiger partial charge in [-0.15, -0.1) is 0 Å². The molecule has 2 aromatic carbocycles. The summed E-state index contributed by atoms with van der Waals surface area (Å²) in [6.45, 7) is 0. The molecule has 5 heteroatoms. The number of anilines is 1. The third kappa shape index (κ3) is 3.40. The molecular weight excluding hydrogens is 314 g/mol. The van der Waals surface area contributed by atoms with Gasteiger partial charge in [0.15, 0.2) is 5.58 Å². The summed E-state index contributed by atoms with van der Waals surface area (Å²) in [6.07, 6.45) is 3.72. The number of benzene rings is 2. The van der Waals surface area contributed by atoms with Crippen molar-refractivity contribution in [2.75, 3.05) is 5.32 Å². The summed E-state index contributed by atoms with van der Waals surface area (Å²) in [5.74, 6) is 0.466. The number of hydrogen-bond donors (Lipinski definition) is 1. The lowest BCUT2D eigenvalue weighted by Gasteiger charge is -2.04. The number of aromatic nitrogens is 2. The Labute approximate surface area is 144 Å². The molecule has 0 unspecified atom stereocenters. The second kappa shape index (κ2) is 6.57. The smallest absolute Gasteiger partial charge is 0.228 e. The van der Waals surface area contributed by atoms with Crippen molar-refractivity contribution in [2.45, 2.75) is 6.42 Å². The topological polar surface area (TPSA) is 68.0 Å². The van der Waals surface area contributed by atoms with Crippen LogP contribution < -0.4 is 5.32 Å². The van der Waals surface area contributed by atoms with Gasteiger partial charge in [-0.2, -0.15) is 0 Å². The lowest BCUT2D eigenvalue weighted by molar-refractivity contribution is -0.115. The fourth-order valence-electron chi connectivity index (χ4n) is 2.61. The van der Waals surface area contributed by atoms with Gasteiger partial charge in [-0.25, -0.2) is 4.98 Å². The van der Waals surface area contributed by atoms with E-state index in [4.69, 9.17) is 4.42 Å². The zero-order valence-corrected chi connectivity index (χ0v) is 13.3. The Hall–Kier alpha value is -3.47. The number of fused-ring (bicyclic) bond motifs is 1. The van der Waals surface area contributed by atoms with Crippen molar-refractivity contribution in [3.8, 4) is 11.5 Å². The van der Waals surface area contributed by atoms with Crippen molar-refractivity contribution in [2.24, 2.45) is 0 Å². The average Bonchev–Trinajstić information content (AvgIpc) is 3.06. The van der Waals surface area contributed by atoms with Crippen LogP contribution in [0.3, 0.4) is 0 Å². The van der Waals surface area contributed by atoms with Crippen LogP contribution >= 0.6 is 0 Å². The molecule has 2 aromatic heterocycles. The Balaban J connectivity index is 1.54. The van der Waals surface area contributed by atoms with Crippen molar-refractivity contribution in [3.63, 3.8) is 0 Å². The molecule has 4 aromatic rings. The number of oxazole rings is 1. The maximum Gasteiger partial charge on any atom is 0.228 e. The van der Waals surface area contributed by atoms with E-state index in [1.807, 2.05) is 60.7 Å². The van der Waals surface area contributed by atoms with E-state index in [0.717, 1.165) is 11.1 Å². The third-order valence-electron chi connectivity index (χ3n) is 3.81. The maximum atomic E-state index is 12.2. The summed E-state index contributed by atoms with van der Waals surface area (Å²) in [5.41, 5.74) is 3.91. The molecule has 0 saturated carbocycles. The van der Waals surface area contributed by atoms with Crippen molar-refractivity contribution >= 4 is 22.7 Å². The molecular formula is C20H15N3O2. The van der Waals surface area contributed by atoms with Gasteiger partial charge in [0.2, 0.25) is 11.8 Å². The fraction of sp³-hybridized carbons (Fsp3) is 0.0500. The Morgan fingerprint density at radius 3 is 2.60 bits per heavy atom. The molecule has 1 amide bonds. The first-order valence-electron chi connectivity index (χ1n) is 7.93. The summed E-state index contributed by atoms with van der Waals surface area (Å²) in [6, 6.07) is 18.8. The molecule has 2 heterocycles. The average molecular weight is 329 g/mol. The molecule has 4 rings (SSSR count). The van der Waals surface area contributed by atoms with E-state index in [9.17, 15) is 4.79 Å². The first kappa shape index (κ1) is 15.1. The van der Waals surface area contributed by atoms with Crippen LogP contribution in [0.5, 0.6) is 0 Å². The quantitative estimate of drug-likeness (QED) is 0.613. The van der Waals surface area contributed by atoms with E-state index < -0.39 is 0 Å². The van der Waals surface area contributed by atoms with Crippen LogP contribution in [0.25, 0.3) is 22.6 Å². The SMILES string of the molecule is O=C(Cc1ccccc1)Nc1ccc2oc(-c3ccncc3)nc2c1. The number of rotatable bonds is 4. The van der Waals surface area contributed by atoms with Gasteiger partial charge >= 0.3 is 0 Å². The maximum absolute atomic E-state index is 12.2. The number of hydrogen-bond acceptors (Lipinski definition) is 4.